The normalized spacial score (nSPS) is 11.7. The monoisotopic (exact) mass is 633 g/mol. The molecule has 0 saturated heterocycles. The number of anilines is 1. The largest absolute Gasteiger partial charge is 0.497 e. The lowest BCUT2D eigenvalue weighted by molar-refractivity contribution is -0.142. The third-order valence-electron chi connectivity index (χ3n) is 6.93. The molecule has 4 aromatic carbocycles. The van der Waals surface area contributed by atoms with Crippen molar-refractivity contribution in [3.63, 3.8) is 0 Å². The average Bonchev–Trinajstić information content (AvgIpc) is 3.06. The molecule has 0 aliphatic carbocycles. The Labute approximate surface area is 263 Å². The molecule has 1 atom stereocenters. The van der Waals surface area contributed by atoms with Crippen molar-refractivity contribution in [3.05, 3.63) is 120 Å². The number of hydrogen-bond donors (Lipinski definition) is 2. The number of methoxy groups -OCH3 is 1. The molecule has 2 N–H and O–H groups in total. The van der Waals surface area contributed by atoms with E-state index in [1.54, 1.807) is 19.2 Å². The highest BCUT2D eigenvalue weighted by atomic mass is 32.2. The number of carbonyl (C=O) groups excluding carboxylic acids is 2. The quantitative estimate of drug-likeness (QED) is 0.187. The molecule has 236 valence electrons. The van der Waals surface area contributed by atoms with E-state index in [0.717, 1.165) is 29.7 Å². The van der Waals surface area contributed by atoms with Gasteiger partial charge in [0, 0.05) is 25.2 Å². The zero-order valence-corrected chi connectivity index (χ0v) is 25.9. The lowest BCUT2D eigenvalue weighted by atomic mass is 10.0. The molecule has 0 heterocycles. The van der Waals surface area contributed by atoms with Crippen LogP contribution in [0.1, 0.15) is 24.5 Å². The maximum Gasteiger partial charge on any atom is 0.261 e. The van der Waals surface area contributed by atoms with E-state index in [9.17, 15) is 22.4 Å². The summed E-state index contributed by atoms with van der Waals surface area (Å²) in [5.41, 5.74) is 1.91. The predicted molar refractivity (Wildman–Crippen MR) is 170 cm³/mol. The number of sulfonamides is 1. The summed E-state index contributed by atoms with van der Waals surface area (Å²) in [6.07, 6.45) is 1.04. The second-order valence-electron chi connectivity index (χ2n) is 10.2. The molecule has 0 fully saturated rings. The first kappa shape index (κ1) is 33.0. The Hall–Kier alpha value is -4.90. The Bertz CT molecular complexity index is 1650. The van der Waals surface area contributed by atoms with Crippen LogP contribution in [0.4, 0.5) is 10.1 Å². The van der Waals surface area contributed by atoms with Crippen LogP contribution < -0.4 is 19.5 Å². The minimum absolute atomic E-state index is 0.0397. The summed E-state index contributed by atoms with van der Waals surface area (Å²) < 4.78 is 52.2. The zero-order valence-electron chi connectivity index (χ0n) is 25.1. The first-order valence-corrected chi connectivity index (χ1v) is 15.9. The van der Waals surface area contributed by atoms with Gasteiger partial charge in [-0.1, -0.05) is 49.4 Å². The summed E-state index contributed by atoms with van der Waals surface area (Å²) in [5, 5.41) is 2.93. The number of hydrogen-bond acceptors (Lipinski definition) is 6. The summed E-state index contributed by atoms with van der Waals surface area (Å²) in [6.45, 7) is 2.18. The Balaban J connectivity index is 1.52. The predicted octanol–water partition coefficient (Wildman–Crippen LogP) is 5.18. The zero-order chi connectivity index (χ0) is 32.2. The van der Waals surface area contributed by atoms with Crippen LogP contribution in [0.25, 0.3) is 0 Å². The number of rotatable bonds is 15. The van der Waals surface area contributed by atoms with Gasteiger partial charge in [-0.05, 0) is 78.2 Å². The number of carbonyl (C=O) groups is 2. The van der Waals surface area contributed by atoms with Gasteiger partial charge in [0.2, 0.25) is 5.91 Å². The lowest BCUT2D eigenvalue weighted by Crippen LogP contribution is -2.51. The standard InChI is InChI=1S/C34H36FN3O6S/c1-3-21-36-34(40)32(22-25-7-5-4-6-8-25)38(23-26-9-15-29(43-2)16-10-26)33(39)24-44-30-17-19-31(20-18-30)45(41,42)37-28-13-11-27(35)12-14-28/h4-20,32,37H,3,21-24H2,1-2H3,(H,36,40)/t32-/m1/s1. The van der Waals surface area contributed by atoms with Crippen molar-refractivity contribution < 1.29 is 31.9 Å². The minimum Gasteiger partial charge on any atom is -0.497 e. The third-order valence-corrected chi connectivity index (χ3v) is 8.32. The SMILES string of the molecule is CCCNC(=O)[C@@H](Cc1ccccc1)N(Cc1ccc(OC)cc1)C(=O)COc1ccc(S(=O)(=O)Nc2ccc(F)cc2)cc1. The van der Waals surface area contributed by atoms with Gasteiger partial charge < -0.3 is 19.7 Å². The fourth-order valence-corrected chi connectivity index (χ4v) is 5.58. The molecule has 11 heteroatoms. The number of nitrogens with one attached hydrogen (secondary N) is 2. The fourth-order valence-electron chi connectivity index (χ4n) is 4.52. The maximum absolute atomic E-state index is 13.8. The van der Waals surface area contributed by atoms with Crippen LogP contribution in [0, 0.1) is 5.82 Å². The number of benzene rings is 4. The molecular weight excluding hydrogens is 597 g/mol. The highest BCUT2D eigenvalue weighted by molar-refractivity contribution is 7.92. The Morgan fingerprint density at radius 2 is 1.49 bits per heavy atom. The van der Waals surface area contributed by atoms with E-state index in [4.69, 9.17) is 9.47 Å². The molecule has 0 unspecified atom stereocenters. The number of amides is 2. The topological polar surface area (TPSA) is 114 Å². The lowest BCUT2D eigenvalue weighted by Gasteiger charge is -2.31. The molecule has 9 nitrogen and oxygen atoms in total. The Kier molecular flexibility index (Phi) is 11.5. The van der Waals surface area contributed by atoms with Gasteiger partial charge in [-0.2, -0.15) is 0 Å². The minimum atomic E-state index is -3.94. The average molecular weight is 634 g/mol. The van der Waals surface area contributed by atoms with E-state index in [1.807, 2.05) is 49.4 Å². The van der Waals surface area contributed by atoms with Crippen molar-refractivity contribution in [3.8, 4) is 11.5 Å². The van der Waals surface area contributed by atoms with Gasteiger partial charge >= 0.3 is 0 Å². The van der Waals surface area contributed by atoms with Crippen molar-refractivity contribution in [1.82, 2.24) is 10.2 Å². The van der Waals surface area contributed by atoms with Crippen LogP contribution in [-0.2, 0) is 32.6 Å². The summed E-state index contributed by atoms with van der Waals surface area (Å²) in [6, 6.07) is 26.4. The molecule has 0 aliphatic heterocycles. The van der Waals surface area contributed by atoms with Crippen LogP contribution in [0.2, 0.25) is 0 Å². The summed E-state index contributed by atoms with van der Waals surface area (Å²) in [7, 11) is -2.37. The first-order valence-electron chi connectivity index (χ1n) is 14.4. The molecule has 0 radical (unpaired) electrons. The molecule has 45 heavy (non-hydrogen) atoms. The maximum atomic E-state index is 13.8. The van der Waals surface area contributed by atoms with E-state index >= 15 is 0 Å². The van der Waals surface area contributed by atoms with Crippen molar-refractivity contribution in [2.75, 3.05) is 25.0 Å². The van der Waals surface area contributed by atoms with Gasteiger partial charge in [0.25, 0.3) is 15.9 Å². The van der Waals surface area contributed by atoms with Crippen LogP contribution in [0.3, 0.4) is 0 Å². The van der Waals surface area contributed by atoms with Crippen molar-refractivity contribution in [2.45, 2.75) is 37.2 Å². The van der Waals surface area contributed by atoms with Crippen molar-refractivity contribution in [2.24, 2.45) is 0 Å². The number of nitrogens with zero attached hydrogens (tertiary/aromatic N) is 1. The molecular formula is C34H36FN3O6S. The van der Waals surface area contributed by atoms with Crippen LogP contribution in [0.15, 0.2) is 108 Å². The van der Waals surface area contributed by atoms with Crippen LogP contribution in [-0.4, -0.2) is 51.4 Å². The molecule has 4 aromatic rings. The van der Waals surface area contributed by atoms with Gasteiger partial charge in [-0.15, -0.1) is 0 Å². The van der Waals surface area contributed by atoms with E-state index in [-0.39, 0.29) is 35.4 Å². The molecule has 0 aromatic heterocycles. The first-order chi connectivity index (χ1) is 21.7. The summed E-state index contributed by atoms with van der Waals surface area (Å²) >= 11 is 0. The van der Waals surface area contributed by atoms with Gasteiger partial charge in [0.15, 0.2) is 6.61 Å². The van der Waals surface area contributed by atoms with Crippen molar-refractivity contribution >= 4 is 27.5 Å². The molecule has 0 bridgehead atoms. The van der Waals surface area contributed by atoms with Crippen LogP contribution >= 0.6 is 0 Å². The van der Waals surface area contributed by atoms with E-state index < -0.39 is 27.8 Å². The Morgan fingerprint density at radius 3 is 2.11 bits per heavy atom. The molecule has 2 amide bonds. The van der Waals surface area contributed by atoms with E-state index in [2.05, 4.69) is 10.0 Å². The number of halogens is 1. The van der Waals surface area contributed by atoms with Gasteiger partial charge in [0.1, 0.15) is 23.4 Å². The second-order valence-corrected chi connectivity index (χ2v) is 11.9. The van der Waals surface area contributed by atoms with Gasteiger partial charge in [-0.3, -0.25) is 14.3 Å². The Morgan fingerprint density at radius 1 is 0.844 bits per heavy atom. The van der Waals surface area contributed by atoms with Gasteiger partial charge in [-0.25, -0.2) is 12.8 Å². The highest BCUT2D eigenvalue weighted by Crippen LogP contribution is 2.21. The van der Waals surface area contributed by atoms with Gasteiger partial charge in [0.05, 0.1) is 12.0 Å². The molecule has 4 rings (SSSR count). The smallest absolute Gasteiger partial charge is 0.261 e. The highest BCUT2D eigenvalue weighted by Gasteiger charge is 2.30. The number of ether oxygens (including phenoxy) is 2. The van der Waals surface area contributed by atoms with Crippen LogP contribution in [0.5, 0.6) is 11.5 Å². The third kappa shape index (κ3) is 9.54. The molecule has 0 spiro atoms. The van der Waals surface area contributed by atoms with Crippen molar-refractivity contribution in [1.29, 1.82) is 0 Å². The summed E-state index contributed by atoms with van der Waals surface area (Å²) in [5.74, 6) is -0.244. The fraction of sp³-hybridized carbons (Fsp3) is 0.235. The summed E-state index contributed by atoms with van der Waals surface area (Å²) in [4.78, 5) is 28.7. The van der Waals surface area contributed by atoms with E-state index in [0.29, 0.717) is 18.7 Å². The van der Waals surface area contributed by atoms with E-state index in [1.165, 1.54) is 41.3 Å². The molecule has 0 aliphatic rings. The molecule has 0 saturated carbocycles. The second kappa shape index (κ2) is 15.7.